The van der Waals surface area contributed by atoms with E-state index in [0.717, 1.165) is 22.7 Å². The van der Waals surface area contributed by atoms with E-state index in [9.17, 15) is 0 Å². The fourth-order valence-corrected chi connectivity index (χ4v) is 2.34. The summed E-state index contributed by atoms with van der Waals surface area (Å²) in [6.07, 6.45) is 1.59. The highest BCUT2D eigenvalue weighted by Gasteiger charge is 2.04. The van der Waals surface area contributed by atoms with Crippen LogP contribution in [0.4, 0.5) is 23.1 Å². The second-order valence-corrected chi connectivity index (χ2v) is 5.47. The minimum Gasteiger partial charge on any atom is -0.497 e. The summed E-state index contributed by atoms with van der Waals surface area (Å²) in [6.45, 7) is 4.12. The SMILES string of the molecule is COc1cccc(Nc2nncc(Nc3ccc(C)cc3C)n2)c1. The van der Waals surface area contributed by atoms with Crippen LogP contribution in [0.3, 0.4) is 0 Å². The lowest BCUT2D eigenvalue weighted by Gasteiger charge is -2.10. The van der Waals surface area contributed by atoms with Gasteiger partial charge in [-0.05, 0) is 37.6 Å². The molecule has 0 unspecified atom stereocenters. The molecule has 0 radical (unpaired) electrons. The van der Waals surface area contributed by atoms with Gasteiger partial charge in [-0.1, -0.05) is 23.8 Å². The predicted molar refractivity (Wildman–Crippen MR) is 95.3 cm³/mol. The van der Waals surface area contributed by atoms with Gasteiger partial charge in [-0.2, -0.15) is 10.1 Å². The van der Waals surface area contributed by atoms with E-state index in [4.69, 9.17) is 4.74 Å². The van der Waals surface area contributed by atoms with E-state index in [2.05, 4.69) is 51.8 Å². The highest BCUT2D eigenvalue weighted by Crippen LogP contribution is 2.22. The van der Waals surface area contributed by atoms with Gasteiger partial charge in [-0.15, -0.1) is 5.10 Å². The number of hydrogen-bond acceptors (Lipinski definition) is 6. The predicted octanol–water partition coefficient (Wildman–Crippen LogP) is 3.98. The molecular weight excluding hydrogens is 302 g/mol. The maximum absolute atomic E-state index is 5.21. The Morgan fingerprint density at radius 2 is 1.88 bits per heavy atom. The van der Waals surface area contributed by atoms with Crippen LogP contribution in [0.2, 0.25) is 0 Å². The van der Waals surface area contributed by atoms with Crippen LogP contribution in [0.25, 0.3) is 0 Å². The molecule has 3 rings (SSSR count). The van der Waals surface area contributed by atoms with E-state index < -0.39 is 0 Å². The Bertz CT molecular complexity index is 850. The Morgan fingerprint density at radius 3 is 2.67 bits per heavy atom. The Hall–Kier alpha value is -3.15. The zero-order valence-electron chi connectivity index (χ0n) is 13.9. The molecule has 0 aliphatic rings. The third kappa shape index (κ3) is 3.78. The highest BCUT2D eigenvalue weighted by atomic mass is 16.5. The topological polar surface area (TPSA) is 72.0 Å². The van der Waals surface area contributed by atoms with Crippen LogP contribution in [0, 0.1) is 13.8 Å². The Kier molecular flexibility index (Phi) is 4.56. The number of ether oxygens (including phenoxy) is 1. The zero-order valence-corrected chi connectivity index (χ0v) is 13.9. The van der Waals surface area contributed by atoms with Crippen molar-refractivity contribution in [3.63, 3.8) is 0 Å². The molecule has 0 atom stereocenters. The monoisotopic (exact) mass is 321 g/mol. The molecule has 0 spiro atoms. The summed E-state index contributed by atoms with van der Waals surface area (Å²) in [5, 5.41) is 14.4. The normalized spacial score (nSPS) is 10.3. The van der Waals surface area contributed by atoms with Crippen molar-refractivity contribution in [2.45, 2.75) is 13.8 Å². The molecule has 0 aliphatic carbocycles. The van der Waals surface area contributed by atoms with Gasteiger partial charge in [0.05, 0.1) is 13.3 Å². The smallest absolute Gasteiger partial charge is 0.249 e. The Labute approximate surface area is 140 Å². The fraction of sp³-hybridized carbons (Fsp3) is 0.167. The van der Waals surface area contributed by atoms with Gasteiger partial charge in [0.25, 0.3) is 0 Å². The van der Waals surface area contributed by atoms with Crippen LogP contribution in [-0.4, -0.2) is 22.3 Å². The maximum atomic E-state index is 5.21. The van der Waals surface area contributed by atoms with Crippen LogP contribution in [0.5, 0.6) is 5.75 Å². The minimum atomic E-state index is 0.415. The lowest BCUT2D eigenvalue weighted by Crippen LogP contribution is -2.03. The second kappa shape index (κ2) is 6.95. The molecule has 6 nitrogen and oxygen atoms in total. The number of aromatic nitrogens is 3. The van der Waals surface area contributed by atoms with Gasteiger partial charge >= 0.3 is 0 Å². The summed E-state index contributed by atoms with van der Waals surface area (Å²) < 4.78 is 5.21. The molecule has 0 saturated carbocycles. The van der Waals surface area contributed by atoms with Crippen molar-refractivity contribution in [2.24, 2.45) is 0 Å². The highest BCUT2D eigenvalue weighted by molar-refractivity contribution is 5.62. The van der Waals surface area contributed by atoms with E-state index in [1.165, 1.54) is 5.56 Å². The number of hydrogen-bond donors (Lipinski definition) is 2. The molecule has 122 valence electrons. The molecule has 0 fully saturated rings. The van der Waals surface area contributed by atoms with E-state index in [-0.39, 0.29) is 0 Å². The Morgan fingerprint density at radius 1 is 1.00 bits per heavy atom. The largest absolute Gasteiger partial charge is 0.497 e. The number of rotatable bonds is 5. The molecule has 6 heteroatoms. The first-order chi connectivity index (χ1) is 11.6. The van der Waals surface area contributed by atoms with Crippen LogP contribution in [-0.2, 0) is 0 Å². The molecule has 0 amide bonds. The molecule has 0 bridgehead atoms. The lowest BCUT2D eigenvalue weighted by atomic mass is 10.1. The van der Waals surface area contributed by atoms with Gasteiger partial charge < -0.3 is 15.4 Å². The lowest BCUT2D eigenvalue weighted by molar-refractivity contribution is 0.415. The summed E-state index contributed by atoms with van der Waals surface area (Å²) in [6, 6.07) is 13.8. The van der Waals surface area contributed by atoms with Crippen LogP contribution >= 0.6 is 0 Å². The van der Waals surface area contributed by atoms with Crippen LogP contribution in [0.15, 0.2) is 48.7 Å². The van der Waals surface area contributed by atoms with Crippen molar-refractivity contribution in [2.75, 3.05) is 17.7 Å². The molecule has 2 N–H and O–H groups in total. The fourth-order valence-electron chi connectivity index (χ4n) is 2.34. The number of aryl methyl sites for hydroxylation is 2. The van der Waals surface area contributed by atoms with Crippen molar-refractivity contribution in [3.05, 3.63) is 59.8 Å². The van der Waals surface area contributed by atoms with Gasteiger partial charge in [-0.25, -0.2) is 0 Å². The van der Waals surface area contributed by atoms with E-state index in [1.54, 1.807) is 13.3 Å². The first-order valence-electron chi connectivity index (χ1n) is 7.59. The Balaban J connectivity index is 1.78. The first kappa shape index (κ1) is 15.7. The van der Waals surface area contributed by atoms with Gasteiger partial charge in [0.1, 0.15) is 5.75 Å². The summed E-state index contributed by atoms with van der Waals surface area (Å²) in [5.41, 5.74) is 4.20. The quantitative estimate of drug-likeness (QED) is 0.740. The average Bonchev–Trinajstić information content (AvgIpc) is 2.58. The second-order valence-electron chi connectivity index (χ2n) is 5.47. The molecule has 2 aromatic carbocycles. The molecule has 3 aromatic rings. The van der Waals surface area contributed by atoms with Crippen molar-refractivity contribution in [3.8, 4) is 5.75 Å². The van der Waals surface area contributed by atoms with Crippen LogP contribution < -0.4 is 15.4 Å². The number of methoxy groups -OCH3 is 1. The van der Waals surface area contributed by atoms with E-state index >= 15 is 0 Å². The summed E-state index contributed by atoms with van der Waals surface area (Å²) in [5.74, 6) is 1.80. The van der Waals surface area contributed by atoms with Crippen molar-refractivity contribution < 1.29 is 4.74 Å². The first-order valence-corrected chi connectivity index (χ1v) is 7.59. The summed E-state index contributed by atoms with van der Waals surface area (Å²) in [4.78, 5) is 4.45. The molecule has 1 heterocycles. The third-order valence-electron chi connectivity index (χ3n) is 3.53. The van der Waals surface area contributed by atoms with Crippen molar-refractivity contribution >= 4 is 23.1 Å². The van der Waals surface area contributed by atoms with E-state index in [1.807, 2.05) is 30.3 Å². The number of anilines is 4. The third-order valence-corrected chi connectivity index (χ3v) is 3.53. The minimum absolute atomic E-state index is 0.415. The molecule has 0 saturated heterocycles. The summed E-state index contributed by atoms with van der Waals surface area (Å²) >= 11 is 0. The molecule has 1 aromatic heterocycles. The van der Waals surface area contributed by atoms with Gasteiger partial charge in [0, 0.05) is 17.4 Å². The number of benzene rings is 2. The number of nitrogens with zero attached hydrogens (tertiary/aromatic N) is 3. The average molecular weight is 321 g/mol. The van der Waals surface area contributed by atoms with Crippen molar-refractivity contribution in [1.82, 2.24) is 15.2 Å². The molecule has 24 heavy (non-hydrogen) atoms. The molecular formula is C18H19N5O. The van der Waals surface area contributed by atoms with Crippen LogP contribution in [0.1, 0.15) is 11.1 Å². The van der Waals surface area contributed by atoms with Gasteiger partial charge in [0.15, 0.2) is 5.82 Å². The number of nitrogens with one attached hydrogen (secondary N) is 2. The standard InChI is InChI=1S/C18H19N5O/c1-12-7-8-16(13(2)9-12)21-17-11-19-23-18(22-17)20-14-5-4-6-15(10-14)24-3/h4-11H,1-3H3,(H2,20,21,22,23). The summed E-state index contributed by atoms with van der Waals surface area (Å²) in [7, 11) is 1.63. The zero-order chi connectivity index (χ0) is 16.9. The van der Waals surface area contributed by atoms with E-state index in [0.29, 0.717) is 11.8 Å². The van der Waals surface area contributed by atoms with Gasteiger partial charge in [0.2, 0.25) is 5.95 Å². The molecule has 0 aliphatic heterocycles. The van der Waals surface area contributed by atoms with Gasteiger partial charge in [-0.3, -0.25) is 0 Å². The maximum Gasteiger partial charge on any atom is 0.249 e. The van der Waals surface area contributed by atoms with Crippen molar-refractivity contribution in [1.29, 1.82) is 0 Å².